The van der Waals surface area contributed by atoms with Crippen LogP contribution in [0.4, 0.5) is 4.79 Å². The Balaban J connectivity index is 1.22. The van der Waals surface area contributed by atoms with Gasteiger partial charge >= 0.3 is 6.03 Å². The minimum atomic E-state index is -1.29. The van der Waals surface area contributed by atoms with Gasteiger partial charge in [-0.3, -0.25) is 14.5 Å². The average Bonchev–Trinajstić information content (AvgIpc) is 3.50. The van der Waals surface area contributed by atoms with Crippen molar-refractivity contribution in [3.8, 4) is 0 Å². The molecule has 5 rings (SSSR count). The number of nitrogens with one attached hydrogen (secondary N) is 1. The van der Waals surface area contributed by atoms with E-state index in [4.69, 9.17) is 9.40 Å². The first-order valence-corrected chi connectivity index (χ1v) is 11.1. The fourth-order valence-corrected chi connectivity index (χ4v) is 5.38. The van der Waals surface area contributed by atoms with Gasteiger partial charge in [0.25, 0.3) is 5.91 Å². The van der Waals surface area contributed by atoms with Crippen molar-refractivity contribution in [3.63, 3.8) is 0 Å². The first kappa shape index (κ1) is 19.7. The van der Waals surface area contributed by atoms with Crippen LogP contribution in [0.3, 0.4) is 0 Å². The molecule has 2 saturated heterocycles. The molecule has 3 aromatic rings. The van der Waals surface area contributed by atoms with Crippen LogP contribution in [0.25, 0.3) is 10.2 Å². The van der Waals surface area contributed by atoms with Gasteiger partial charge in [-0.2, -0.15) is 0 Å². The normalized spacial score (nSPS) is 22.4. The third-order valence-corrected chi connectivity index (χ3v) is 7.29. The number of hydrogen-bond acceptors (Lipinski definition) is 6. The summed E-state index contributed by atoms with van der Waals surface area (Å²) in [5.74, 6) is -0.0436. The van der Waals surface area contributed by atoms with Crippen LogP contribution in [0.1, 0.15) is 36.5 Å². The molecule has 4 amide bonds. The topological polar surface area (TPSA) is 95.8 Å². The zero-order chi connectivity index (χ0) is 21.6. The number of amides is 4. The molecule has 31 heavy (non-hydrogen) atoms. The molecule has 0 saturated carbocycles. The molecule has 1 unspecified atom stereocenters. The molecule has 2 aliphatic heterocycles. The number of furan rings is 1. The van der Waals surface area contributed by atoms with Crippen molar-refractivity contribution >= 4 is 39.4 Å². The van der Waals surface area contributed by atoms with E-state index in [1.807, 2.05) is 18.2 Å². The molecule has 8 nitrogen and oxygen atoms in total. The van der Waals surface area contributed by atoms with Gasteiger partial charge in [-0.15, -0.1) is 11.3 Å². The lowest BCUT2D eigenvalue weighted by molar-refractivity contribution is -0.139. The number of urea groups is 1. The van der Waals surface area contributed by atoms with Gasteiger partial charge in [0.15, 0.2) is 5.54 Å². The molecule has 1 atom stereocenters. The van der Waals surface area contributed by atoms with Crippen LogP contribution in [0.2, 0.25) is 0 Å². The summed E-state index contributed by atoms with van der Waals surface area (Å²) in [6.07, 6.45) is 3.08. The van der Waals surface area contributed by atoms with Crippen LogP contribution in [0.5, 0.6) is 0 Å². The van der Waals surface area contributed by atoms with Gasteiger partial charge in [0.05, 0.1) is 21.5 Å². The molecule has 0 spiro atoms. The van der Waals surface area contributed by atoms with Crippen molar-refractivity contribution in [1.29, 1.82) is 0 Å². The minimum absolute atomic E-state index is 0.227. The van der Waals surface area contributed by atoms with Gasteiger partial charge in [0, 0.05) is 19.0 Å². The van der Waals surface area contributed by atoms with Crippen LogP contribution in [-0.2, 0) is 15.1 Å². The van der Waals surface area contributed by atoms with E-state index in [0.717, 1.165) is 28.3 Å². The summed E-state index contributed by atoms with van der Waals surface area (Å²) in [4.78, 5) is 45.6. The number of imide groups is 1. The van der Waals surface area contributed by atoms with Gasteiger partial charge in [-0.1, -0.05) is 12.1 Å². The molecule has 2 fully saturated rings. The van der Waals surface area contributed by atoms with E-state index >= 15 is 0 Å². The smallest absolute Gasteiger partial charge is 0.325 e. The zero-order valence-electron chi connectivity index (χ0n) is 17.0. The second-order valence-corrected chi connectivity index (χ2v) is 9.16. The maximum atomic E-state index is 12.9. The zero-order valence-corrected chi connectivity index (χ0v) is 17.9. The number of likely N-dealkylation sites (tertiary alicyclic amines) is 1. The van der Waals surface area contributed by atoms with Crippen molar-refractivity contribution in [2.24, 2.45) is 0 Å². The Morgan fingerprint density at radius 3 is 2.71 bits per heavy atom. The number of piperidine rings is 1. The van der Waals surface area contributed by atoms with Crippen LogP contribution in [0.15, 0.2) is 47.1 Å². The van der Waals surface area contributed by atoms with E-state index in [9.17, 15) is 14.4 Å². The third-order valence-electron chi connectivity index (χ3n) is 6.09. The third kappa shape index (κ3) is 3.38. The number of fused-ring (bicyclic) bond motifs is 1. The molecular formula is C22H22N4O4S. The number of carbonyl (C=O) groups is 3. The average molecular weight is 439 g/mol. The SMILES string of the molecule is CC1(c2ccco2)NC(=O)N(CC(=O)N2CCC(c3nc4ccccc4s3)CC2)C1=O. The largest absolute Gasteiger partial charge is 0.466 e. The molecule has 1 aromatic carbocycles. The summed E-state index contributed by atoms with van der Waals surface area (Å²) >= 11 is 1.71. The molecule has 0 bridgehead atoms. The Labute approximate surface area is 182 Å². The predicted molar refractivity (Wildman–Crippen MR) is 114 cm³/mol. The summed E-state index contributed by atoms with van der Waals surface area (Å²) in [6.45, 7) is 2.48. The molecule has 160 valence electrons. The van der Waals surface area contributed by atoms with E-state index in [1.165, 1.54) is 11.0 Å². The number of para-hydroxylation sites is 1. The molecule has 2 aliphatic rings. The second-order valence-electron chi connectivity index (χ2n) is 8.10. The number of aromatic nitrogens is 1. The lowest BCUT2D eigenvalue weighted by Crippen LogP contribution is -2.46. The second kappa shape index (κ2) is 7.49. The first-order chi connectivity index (χ1) is 15.0. The van der Waals surface area contributed by atoms with Gasteiger partial charge < -0.3 is 14.6 Å². The summed E-state index contributed by atoms with van der Waals surface area (Å²) in [5, 5.41) is 3.76. The van der Waals surface area contributed by atoms with Gasteiger partial charge in [0.2, 0.25) is 5.91 Å². The van der Waals surface area contributed by atoms with E-state index in [2.05, 4.69) is 11.4 Å². The highest BCUT2D eigenvalue weighted by Gasteiger charge is 2.51. The molecule has 4 heterocycles. The highest BCUT2D eigenvalue weighted by atomic mass is 32.1. The summed E-state index contributed by atoms with van der Waals surface area (Å²) in [7, 11) is 0. The monoisotopic (exact) mass is 438 g/mol. The van der Waals surface area contributed by atoms with E-state index in [-0.39, 0.29) is 12.5 Å². The Morgan fingerprint density at radius 1 is 1.23 bits per heavy atom. The molecule has 9 heteroatoms. The van der Waals surface area contributed by atoms with Crippen molar-refractivity contribution in [3.05, 3.63) is 53.4 Å². The van der Waals surface area contributed by atoms with E-state index in [0.29, 0.717) is 24.8 Å². The quantitative estimate of drug-likeness (QED) is 0.632. The van der Waals surface area contributed by atoms with Crippen LogP contribution in [0, 0.1) is 0 Å². The van der Waals surface area contributed by atoms with E-state index in [1.54, 1.807) is 35.3 Å². The molecule has 2 aromatic heterocycles. The van der Waals surface area contributed by atoms with Crippen LogP contribution >= 0.6 is 11.3 Å². The van der Waals surface area contributed by atoms with Gasteiger partial charge in [-0.25, -0.2) is 9.78 Å². The highest BCUT2D eigenvalue weighted by Crippen LogP contribution is 2.34. The Hall–Kier alpha value is -3.20. The van der Waals surface area contributed by atoms with Crippen molar-refractivity contribution in [2.75, 3.05) is 19.6 Å². The van der Waals surface area contributed by atoms with E-state index < -0.39 is 17.5 Å². The standard InChI is InChI=1S/C22H22N4O4S/c1-22(17-7-4-12-30-17)20(28)26(21(29)24-22)13-18(27)25-10-8-14(9-11-25)19-23-15-5-2-3-6-16(15)31-19/h2-7,12,14H,8-11,13H2,1H3,(H,24,29). The van der Waals surface area contributed by atoms with Gasteiger partial charge in [0.1, 0.15) is 12.3 Å². The van der Waals surface area contributed by atoms with Crippen molar-refractivity contribution < 1.29 is 18.8 Å². The molecule has 0 aliphatic carbocycles. The number of benzene rings is 1. The Kier molecular flexibility index (Phi) is 4.77. The summed E-state index contributed by atoms with van der Waals surface area (Å²) in [6, 6.07) is 10.8. The van der Waals surface area contributed by atoms with Crippen molar-refractivity contribution in [2.45, 2.75) is 31.2 Å². The minimum Gasteiger partial charge on any atom is -0.466 e. The van der Waals surface area contributed by atoms with Gasteiger partial charge in [-0.05, 0) is 44.0 Å². The number of rotatable bonds is 4. The lowest BCUT2D eigenvalue weighted by atomic mass is 9.97. The van der Waals surface area contributed by atoms with Crippen molar-refractivity contribution in [1.82, 2.24) is 20.1 Å². The summed E-state index contributed by atoms with van der Waals surface area (Å²) in [5.41, 5.74) is -0.278. The fourth-order valence-electron chi connectivity index (χ4n) is 4.25. The first-order valence-electron chi connectivity index (χ1n) is 10.3. The summed E-state index contributed by atoms with van der Waals surface area (Å²) < 4.78 is 6.50. The number of thiazole rings is 1. The number of carbonyl (C=O) groups excluding carboxylic acids is 3. The molecular weight excluding hydrogens is 416 g/mol. The van der Waals surface area contributed by atoms with Crippen LogP contribution in [-0.4, -0.2) is 52.3 Å². The predicted octanol–water partition coefficient (Wildman–Crippen LogP) is 3.06. The Morgan fingerprint density at radius 2 is 2.00 bits per heavy atom. The molecule has 0 radical (unpaired) electrons. The maximum Gasteiger partial charge on any atom is 0.325 e. The fraction of sp³-hybridized carbons (Fsp3) is 0.364. The maximum absolute atomic E-state index is 12.9. The molecule has 1 N–H and O–H groups in total. The number of nitrogens with zero attached hydrogens (tertiary/aromatic N) is 3. The lowest BCUT2D eigenvalue weighted by Gasteiger charge is -2.32. The highest BCUT2D eigenvalue weighted by molar-refractivity contribution is 7.18. The Bertz CT molecular complexity index is 1120. The van der Waals surface area contributed by atoms with Crippen LogP contribution < -0.4 is 5.32 Å². The number of hydrogen-bond donors (Lipinski definition) is 1.